The van der Waals surface area contributed by atoms with Crippen molar-refractivity contribution in [2.45, 2.75) is 31.6 Å². The van der Waals surface area contributed by atoms with Crippen molar-refractivity contribution in [3.63, 3.8) is 0 Å². The van der Waals surface area contributed by atoms with Crippen LogP contribution in [0.25, 0.3) is 0 Å². The molecule has 0 radical (unpaired) electrons. The highest BCUT2D eigenvalue weighted by Gasteiger charge is 2.37. The molecule has 0 unspecified atom stereocenters. The van der Waals surface area contributed by atoms with E-state index in [9.17, 15) is 4.79 Å². The number of nitrogens with zero attached hydrogens (tertiary/aromatic N) is 4. The first-order valence-corrected chi connectivity index (χ1v) is 7.68. The molecule has 106 valence electrons. The van der Waals surface area contributed by atoms with E-state index in [1.165, 1.54) is 25.7 Å². The zero-order valence-corrected chi connectivity index (χ0v) is 11.7. The standard InChI is InChI=1S/C15H20N4O/c20-15(18-7-1-2-8-18)12-9-19(10-12)13-5-6-16-14(17-13)11-3-4-11/h5-6,11-12H,1-4,7-10H2. The van der Waals surface area contributed by atoms with E-state index in [4.69, 9.17) is 0 Å². The second-order valence-electron chi connectivity index (χ2n) is 6.18. The zero-order valence-electron chi connectivity index (χ0n) is 11.7. The van der Waals surface area contributed by atoms with Crippen LogP contribution in [-0.4, -0.2) is 47.0 Å². The Hall–Kier alpha value is -1.65. The molecule has 1 aromatic rings. The Balaban J connectivity index is 1.38. The smallest absolute Gasteiger partial charge is 0.229 e. The maximum absolute atomic E-state index is 12.3. The maximum Gasteiger partial charge on any atom is 0.229 e. The number of amides is 1. The fraction of sp³-hybridized carbons (Fsp3) is 0.667. The molecule has 1 amide bonds. The number of carbonyl (C=O) groups excluding carboxylic acids is 1. The predicted octanol–water partition coefficient (Wildman–Crippen LogP) is 1.41. The van der Waals surface area contributed by atoms with Gasteiger partial charge in [0.15, 0.2) is 0 Å². The molecule has 0 bridgehead atoms. The lowest BCUT2D eigenvalue weighted by Gasteiger charge is -2.40. The van der Waals surface area contributed by atoms with E-state index in [1.54, 1.807) is 0 Å². The van der Waals surface area contributed by atoms with Gasteiger partial charge in [-0.25, -0.2) is 9.97 Å². The van der Waals surface area contributed by atoms with Crippen LogP contribution in [0.5, 0.6) is 0 Å². The molecule has 2 saturated heterocycles. The molecule has 20 heavy (non-hydrogen) atoms. The number of aromatic nitrogens is 2. The van der Waals surface area contributed by atoms with E-state index in [0.717, 1.165) is 37.8 Å². The quantitative estimate of drug-likeness (QED) is 0.835. The summed E-state index contributed by atoms with van der Waals surface area (Å²) in [6.45, 7) is 3.54. The van der Waals surface area contributed by atoms with Crippen molar-refractivity contribution >= 4 is 11.7 Å². The first-order chi connectivity index (χ1) is 9.81. The van der Waals surface area contributed by atoms with Gasteiger partial charge in [-0.15, -0.1) is 0 Å². The molecule has 0 atom stereocenters. The van der Waals surface area contributed by atoms with Crippen LogP contribution >= 0.6 is 0 Å². The second-order valence-corrected chi connectivity index (χ2v) is 6.18. The highest BCUT2D eigenvalue weighted by Crippen LogP contribution is 2.38. The number of likely N-dealkylation sites (tertiary alicyclic amines) is 1. The molecule has 0 aromatic carbocycles. The minimum absolute atomic E-state index is 0.174. The summed E-state index contributed by atoms with van der Waals surface area (Å²) in [7, 11) is 0. The third-order valence-corrected chi connectivity index (χ3v) is 4.57. The molecule has 1 aliphatic carbocycles. The molecule has 1 saturated carbocycles. The third kappa shape index (κ3) is 2.15. The fourth-order valence-electron chi connectivity index (χ4n) is 3.10. The highest BCUT2D eigenvalue weighted by molar-refractivity contribution is 5.82. The van der Waals surface area contributed by atoms with Gasteiger partial charge in [0, 0.05) is 38.3 Å². The Kier molecular flexibility index (Phi) is 2.86. The van der Waals surface area contributed by atoms with Crippen LogP contribution in [0.3, 0.4) is 0 Å². The van der Waals surface area contributed by atoms with Crippen LogP contribution < -0.4 is 4.90 Å². The summed E-state index contributed by atoms with van der Waals surface area (Å²) in [6.07, 6.45) is 6.63. The molecule has 0 N–H and O–H groups in total. The largest absolute Gasteiger partial charge is 0.355 e. The minimum Gasteiger partial charge on any atom is -0.355 e. The van der Waals surface area contributed by atoms with Crippen LogP contribution in [-0.2, 0) is 4.79 Å². The molecule has 1 aromatic heterocycles. The Morgan fingerprint density at radius 2 is 1.95 bits per heavy atom. The van der Waals surface area contributed by atoms with Gasteiger partial charge in [0.25, 0.3) is 0 Å². The normalized spacial score (nSPS) is 23.0. The number of anilines is 1. The number of hydrogen-bond donors (Lipinski definition) is 0. The van der Waals surface area contributed by atoms with E-state index < -0.39 is 0 Å². The molecule has 0 spiro atoms. The zero-order chi connectivity index (χ0) is 13.5. The van der Waals surface area contributed by atoms with Crippen LogP contribution in [0.4, 0.5) is 5.82 Å². The van der Waals surface area contributed by atoms with Gasteiger partial charge in [-0.2, -0.15) is 0 Å². The molecule has 5 nitrogen and oxygen atoms in total. The van der Waals surface area contributed by atoms with Gasteiger partial charge in [0.1, 0.15) is 11.6 Å². The number of carbonyl (C=O) groups is 1. The summed E-state index contributed by atoms with van der Waals surface area (Å²) < 4.78 is 0. The van der Waals surface area contributed by atoms with Gasteiger partial charge in [0.2, 0.25) is 5.91 Å². The summed E-state index contributed by atoms with van der Waals surface area (Å²) in [5.41, 5.74) is 0. The molecule has 3 fully saturated rings. The Labute approximate surface area is 119 Å². The first-order valence-electron chi connectivity index (χ1n) is 7.68. The van der Waals surface area contributed by atoms with Crippen molar-refractivity contribution in [2.24, 2.45) is 5.92 Å². The summed E-state index contributed by atoms with van der Waals surface area (Å²) in [6, 6.07) is 1.96. The maximum atomic E-state index is 12.3. The molecule has 3 aliphatic rings. The van der Waals surface area contributed by atoms with Gasteiger partial charge >= 0.3 is 0 Å². The average molecular weight is 272 g/mol. The first kappa shape index (κ1) is 12.1. The van der Waals surface area contributed by atoms with Crippen LogP contribution in [0.15, 0.2) is 12.3 Å². The number of hydrogen-bond acceptors (Lipinski definition) is 4. The van der Waals surface area contributed by atoms with E-state index in [2.05, 4.69) is 14.9 Å². The SMILES string of the molecule is O=C(C1CN(c2ccnc(C3CC3)n2)C1)N1CCCC1. The van der Waals surface area contributed by atoms with Crippen molar-refractivity contribution in [3.05, 3.63) is 18.1 Å². The average Bonchev–Trinajstić information content (AvgIpc) is 3.12. The van der Waals surface area contributed by atoms with E-state index in [1.807, 2.05) is 17.2 Å². The van der Waals surface area contributed by atoms with E-state index in [-0.39, 0.29) is 5.92 Å². The van der Waals surface area contributed by atoms with Crippen molar-refractivity contribution in [2.75, 3.05) is 31.1 Å². The Morgan fingerprint density at radius 3 is 2.65 bits per heavy atom. The summed E-state index contributed by atoms with van der Waals surface area (Å²) in [4.78, 5) is 25.5. The summed E-state index contributed by atoms with van der Waals surface area (Å²) in [5, 5.41) is 0. The fourth-order valence-corrected chi connectivity index (χ4v) is 3.10. The monoisotopic (exact) mass is 272 g/mol. The van der Waals surface area contributed by atoms with Gasteiger partial charge < -0.3 is 9.80 Å². The Bertz CT molecular complexity index is 516. The topological polar surface area (TPSA) is 49.3 Å². The molecule has 2 aliphatic heterocycles. The van der Waals surface area contributed by atoms with Crippen molar-refractivity contribution in [1.82, 2.24) is 14.9 Å². The molecule has 3 heterocycles. The highest BCUT2D eigenvalue weighted by atomic mass is 16.2. The predicted molar refractivity (Wildman–Crippen MR) is 75.5 cm³/mol. The van der Waals surface area contributed by atoms with Gasteiger partial charge in [-0.1, -0.05) is 0 Å². The third-order valence-electron chi connectivity index (χ3n) is 4.57. The Morgan fingerprint density at radius 1 is 1.20 bits per heavy atom. The van der Waals surface area contributed by atoms with Gasteiger partial charge in [-0.3, -0.25) is 4.79 Å². The van der Waals surface area contributed by atoms with Crippen molar-refractivity contribution < 1.29 is 4.79 Å². The molecule has 4 rings (SSSR count). The lowest BCUT2D eigenvalue weighted by atomic mass is 9.98. The molecular weight excluding hydrogens is 252 g/mol. The summed E-state index contributed by atoms with van der Waals surface area (Å²) >= 11 is 0. The molecular formula is C15H20N4O. The van der Waals surface area contributed by atoms with Crippen LogP contribution in [0.1, 0.15) is 37.4 Å². The van der Waals surface area contributed by atoms with E-state index >= 15 is 0 Å². The summed E-state index contributed by atoms with van der Waals surface area (Å²) in [5.74, 6) is 3.07. The second kappa shape index (κ2) is 4.72. The van der Waals surface area contributed by atoms with Gasteiger partial charge in [-0.05, 0) is 31.7 Å². The van der Waals surface area contributed by atoms with Crippen LogP contribution in [0.2, 0.25) is 0 Å². The van der Waals surface area contributed by atoms with E-state index in [0.29, 0.717) is 11.8 Å². The number of rotatable bonds is 3. The molecule has 5 heteroatoms. The lowest BCUT2D eigenvalue weighted by Crippen LogP contribution is -2.54. The van der Waals surface area contributed by atoms with Crippen LogP contribution in [0, 0.1) is 5.92 Å². The van der Waals surface area contributed by atoms with Crippen molar-refractivity contribution in [1.29, 1.82) is 0 Å². The van der Waals surface area contributed by atoms with Crippen molar-refractivity contribution in [3.8, 4) is 0 Å². The minimum atomic E-state index is 0.174. The van der Waals surface area contributed by atoms with Gasteiger partial charge in [0.05, 0.1) is 5.92 Å². The lowest BCUT2D eigenvalue weighted by molar-refractivity contribution is -0.135.